The number of halogens is 2. The Bertz CT molecular complexity index is 1350. The van der Waals surface area contributed by atoms with E-state index < -0.39 is 10.9 Å². The van der Waals surface area contributed by atoms with E-state index in [1.54, 1.807) is 24.3 Å². The molecule has 8 nitrogen and oxygen atoms in total. The number of hydrogen-bond acceptors (Lipinski definition) is 7. The van der Waals surface area contributed by atoms with Crippen molar-refractivity contribution in [2.24, 2.45) is 4.99 Å². The number of carbonyl (C=O) groups is 1. The van der Waals surface area contributed by atoms with Crippen molar-refractivity contribution in [3.05, 3.63) is 103 Å². The van der Waals surface area contributed by atoms with Gasteiger partial charge in [0.05, 0.1) is 12.0 Å². The number of carbonyl (C=O) groups excluding carboxylic acids is 1. The maximum atomic E-state index is 12.3. The second-order valence-corrected chi connectivity index (χ2v) is 7.93. The van der Waals surface area contributed by atoms with Crippen LogP contribution in [0.15, 0.2) is 71.4 Å². The molecule has 4 rings (SSSR count). The molecule has 3 aromatic rings. The minimum absolute atomic E-state index is 0.0180. The lowest BCUT2D eigenvalue weighted by atomic mass is 10.1. The van der Waals surface area contributed by atoms with E-state index in [-0.39, 0.29) is 34.5 Å². The zero-order chi connectivity index (χ0) is 24.2. The number of nitro benzene ring substituents is 1. The van der Waals surface area contributed by atoms with Gasteiger partial charge in [-0.1, -0.05) is 47.5 Å². The van der Waals surface area contributed by atoms with E-state index in [0.29, 0.717) is 22.1 Å². The zero-order valence-electron chi connectivity index (χ0n) is 17.7. The van der Waals surface area contributed by atoms with E-state index in [9.17, 15) is 14.9 Å². The maximum absolute atomic E-state index is 12.3. The van der Waals surface area contributed by atoms with Gasteiger partial charge < -0.3 is 14.2 Å². The summed E-state index contributed by atoms with van der Waals surface area (Å²) < 4.78 is 16.5. The van der Waals surface area contributed by atoms with Gasteiger partial charge in [0.15, 0.2) is 17.2 Å². The third-order valence-corrected chi connectivity index (χ3v) is 5.38. The van der Waals surface area contributed by atoms with Gasteiger partial charge in [-0.3, -0.25) is 10.1 Å². The highest BCUT2D eigenvalue weighted by Gasteiger charge is 2.26. The first-order chi connectivity index (χ1) is 16.3. The molecule has 1 aliphatic heterocycles. The number of methoxy groups -OCH3 is 1. The Balaban J connectivity index is 1.57. The summed E-state index contributed by atoms with van der Waals surface area (Å²) >= 11 is 12.1. The van der Waals surface area contributed by atoms with Crippen molar-refractivity contribution in [2.45, 2.75) is 6.61 Å². The van der Waals surface area contributed by atoms with E-state index in [4.69, 9.17) is 37.4 Å². The second-order valence-electron chi connectivity index (χ2n) is 7.08. The molecule has 0 bridgehead atoms. The second kappa shape index (κ2) is 9.94. The van der Waals surface area contributed by atoms with Gasteiger partial charge in [-0.05, 0) is 35.9 Å². The average molecular weight is 499 g/mol. The number of benzene rings is 3. The predicted octanol–water partition coefficient (Wildman–Crippen LogP) is 5.83. The fraction of sp³-hybridized carbons (Fsp3) is 0.0833. The Hall–Kier alpha value is -3.88. The van der Waals surface area contributed by atoms with E-state index in [2.05, 4.69) is 4.99 Å². The van der Waals surface area contributed by atoms with Gasteiger partial charge in [-0.2, -0.15) is 0 Å². The van der Waals surface area contributed by atoms with Gasteiger partial charge in [0.2, 0.25) is 5.90 Å². The highest BCUT2D eigenvalue weighted by Crippen LogP contribution is 2.31. The Kier molecular flexibility index (Phi) is 6.81. The summed E-state index contributed by atoms with van der Waals surface area (Å²) in [5, 5.41) is 11.8. The summed E-state index contributed by atoms with van der Waals surface area (Å²) in [7, 11) is 1.50. The first-order valence-electron chi connectivity index (χ1n) is 9.86. The SMILES string of the molecule is COc1cc(/C=C2/N=C(c3cc(Cl)cc([N+](=O)[O-])c3)OC2=O)ccc1OCc1ccccc1Cl. The van der Waals surface area contributed by atoms with E-state index in [1.165, 1.54) is 31.4 Å². The van der Waals surface area contributed by atoms with E-state index in [0.717, 1.165) is 5.56 Å². The van der Waals surface area contributed by atoms with Crippen molar-refractivity contribution in [1.82, 2.24) is 0 Å². The summed E-state index contributed by atoms with van der Waals surface area (Å²) in [5.74, 6) is 0.167. The van der Waals surface area contributed by atoms with Crippen LogP contribution in [0.5, 0.6) is 11.5 Å². The van der Waals surface area contributed by atoms with E-state index >= 15 is 0 Å². The number of esters is 1. The largest absolute Gasteiger partial charge is 0.493 e. The van der Waals surface area contributed by atoms with Crippen LogP contribution in [0, 0.1) is 10.1 Å². The lowest BCUT2D eigenvalue weighted by Gasteiger charge is -2.12. The number of ether oxygens (including phenoxy) is 3. The van der Waals surface area contributed by atoms with Crippen LogP contribution in [0.3, 0.4) is 0 Å². The lowest BCUT2D eigenvalue weighted by molar-refractivity contribution is -0.384. The van der Waals surface area contributed by atoms with Gasteiger partial charge in [-0.25, -0.2) is 9.79 Å². The zero-order valence-corrected chi connectivity index (χ0v) is 19.2. The van der Waals surface area contributed by atoms with Crippen LogP contribution in [-0.2, 0) is 16.1 Å². The molecule has 0 spiro atoms. The molecule has 0 saturated carbocycles. The van der Waals surface area contributed by atoms with Gasteiger partial charge >= 0.3 is 5.97 Å². The van der Waals surface area contributed by atoms with Gasteiger partial charge in [0.25, 0.3) is 5.69 Å². The molecule has 10 heteroatoms. The van der Waals surface area contributed by atoms with Crippen molar-refractivity contribution in [2.75, 3.05) is 7.11 Å². The Labute approximate surface area is 204 Å². The highest BCUT2D eigenvalue weighted by molar-refractivity contribution is 6.31. The molecule has 0 amide bonds. The Morgan fingerprint density at radius 3 is 2.62 bits per heavy atom. The summed E-state index contributed by atoms with van der Waals surface area (Å²) in [6, 6.07) is 16.3. The molecule has 1 aliphatic rings. The molecule has 0 radical (unpaired) electrons. The van der Waals surface area contributed by atoms with Gasteiger partial charge in [0, 0.05) is 33.3 Å². The molecule has 0 aromatic heterocycles. The van der Waals surface area contributed by atoms with Gasteiger partial charge in [0.1, 0.15) is 6.61 Å². The number of nitro groups is 1. The fourth-order valence-electron chi connectivity index (χ4n) is 3.16. The Morgan fingerprint density at radius 2 is 1.88 bits per heavy atom. The van der Waals surface area contributed by atoms with Gasteiger partial charge in [-0.15, -0.1) is 0 Å². The summed E-state index contributed by atoms with van der Waals surface area (Å²) in [6.45, 7) is 0.252. The van der Waals surface area contributed by atoms with Crippen LogP contribution in [0.25, 0.3) is 6.08 Å². The predicted molar refractivity (Wildman–Crippen MR) is 127 cm³/mol. The molecule has 0 unspecified atom stereocenters. The van der Waals surface area contributed by atoms with Crippen LogP contribution in [0.4, 0.5) is 5.69 Å². The molecule has 3 aromatic carbocycles. The number of rotatable bonds is 7. The highest BCUT2D eigenvalue weighted by atomic mass is 35.5. The molecule has 34 heavy (non-hydrogen) atoms. The summed E-state index contributed by atoms with van der Waals surface area (Å²) in [6.07, 6.45) is 1.51. The third-order valence-electron chi connectivity index (χ3n) is 4.79. The molecule has 1 heterocycles. The van der Waals surface area contributed by atoms with Crippen molar-refractivity contribution >= 4 is 46.8 Å². The monoisotopic (exact) mass is 498 g/mol. The van der Waals surface area contributed by atoms with Crippen molar-refractivity contribution in [1.29, 1.82) is 0 Å². The number of non-ortho nitro benzene ring substituents is 1. The van der Waals surface area contributed by atoms with Crippen LogP contribution >= 0.6 is 23.2 Å². The smallest absolute Gasteiger partial charge is 0.363 e. The lowest BCUT2D eigenvalue weighted by Crippen LogP contribution is -2.06. The normalized spacial score (nSPS) is 14.0. The molecule has 0 fully saturated rings. The number of cyclic esters (lactones) is 1. The summed E-state index contributed by atoms with van der Waals surface area (Å²) in [4.78, 5) is 27.0. The van der Waals surface area contributed by atoms with Crippen LogP contribution < -0.4 is 9.47 Å². The summed E-state index contributed by atoms with van der Waals surface area (Å²) in [5.41, 5.74) is 1.43. The number of hydrogen-bond donors (Lipinski definition) is 0. The number of aliphatic imine (C=N–C) groups is 1. The molecule has 0 saturated heterocycles. The first-order valence-corrected chi connectivity index (χ1v) is 10.6. The molecule has 172 valence electrons. The average Bonchev–Trinajstić information content (AvgIpc) is 3.18. The van der Waals surface area contributed by atoms with Crippen molar-refractivity contribution in [3.63, 3.8) is 0 Å². The molecule has 0 N–H and O–H groups in total. The number of nitrogens with zero attached hydrogens (tertiary/aromatic N) is 2. The molecular weight excluding hydrogens is 483 g/mol. The topological polar surface area (TPSA) is 100 Å². The molecular formula is C24H16Cl2N2O6. The minimum atomic E-state index is -0.698. The molecule has 0 aliphatic carbocycles. The van der Waals surface area contributed by atoms with Crippen molar-refractivity contribution < 1.29 is 23.9 Å². The van der Waals surface area contributed by atoms with Crippen LogP contribution in [0.2, 0.25) is 10.0 Å². The van der Waals surface area contributed by atoms with Crippen LogP contribution in [-0.4, -0.2) is 23.9 Å². The van der Waals surface area contributed by atoms with Crippen LogP contribution in [0.1, 0.15) is 16.7 Å². The van der Waals surface area contributed by atoms with E-state index in [1.807, 2.05) is 18.2 Å². The minimum Gasteiger partial charge on any atom is -0.493 e. The fourth-order valence-corrected chi connectivity index (χ4v) is 3.58. The molecule has 0 atom stereocenters. The Morgan fingerprint density at radius 1 is 1.09 bits per heavy atom. The maximum Gasteiger partial charge on any atom is 0.363 e. The standard InChI is InChI=1S/C24H16Cl2N2O6/c1-32-22-9-14(6-7-21(22)33-13-15-4-2-3-5-19(15)26)8-20-24(29)34-23(27-20)16-10-17(25)12-18(11-16)28(30)31/h2-12H,13H2,1H3/b20-8+. The quantitative estimate of drug-likeness (QED) is 0.175. The third kappa shape index (κ3) is 5.19. The first kappa shape index (κ1) is 23.3. The van der Waals surface area contributed by atoms with Crippen molar-refractivity contribution in [3.8, 4) is 11.5 Å².